The minimum Gasteiger partial charge on any atom is -0.354 e. The van der Waals surface area contributed by atoms with Gasteiger partial charge in [0.25, 0.3) is 5.91 Å². The van der Waals surface area contributed by atoms with Crippen LogP contribution in [-0.2, 0) is 0 Å². The van der Waals surface area contributed by atoms with E-state index in [9.17, 15) is 4.79 Å². The van der Waals surface area contributed by atoms with Gasteiger partial charge in [-0.15, -0.1) is 0 Å². The van der Waals surface area contributed by atoms with Crippen LogP contribution in [0.4, 0.5) is 0 Å². The average molecular weight is 208 g/mol. The van der Waals surface area contributed by atoms with E-state index in [1.54, 1.807) is 7.05 Å². The zero-order chi connectivity index (χ0) is 10.7. The molecule has 1 saturated heterocycles. The Morgan fingerprint density at radius 2 is 2.53 bits per heavy atom. The summed E-state index contributed by atoms with van der Waals surface area (Å²) in [4.78, 5) is 11.3. The Kier molecular flexibility index (Phi) is 3.01. The molecular formula is C10H16N4O. The van der Waals surface area contributed by atoms with Crippen molar-refractivity contribution in [3.8, 4) is 0 Å². The predicted octanol–water partition coefficient (Wildman–Crippen LogP) is 0.236. The van der Waals surface area contributed by atoms with Gasteiger partial charge in [0.2, 0.25) is 0 Å². The first kappa shape index (κ1) is 10.2. The van der Waals surface area contributed by atoms with Crippen LogP contribution in [0.1, 0.15) is 34.9 Å². The molecular weight excluding hydrogens is 192 g/mol. The quantitative estimate of drug-likeness (QED) is 0.652. The summed E-state index contributed by atoms with van der Waals surface area (Å²) in [5.41, 5.74) is 1.53. The largest absolute Gasteiger partial charge is 0.354 e. The summed E-state index contributed by atoms with van der Waals surface area (Å²) in [6, 6.07) is 1.84. The summed E-state index contributed by atoms with van der Waals surface area (Å²) in [5.74, 6) is 0.325. The summed E-state index contributed by atoms with van der Waals surface area (Å²) >= 11 is 0. The Labute approximate surface area is 88.6 Å². The van der Waals surface area contributed by atoms with Crippen molar-refractivity contribution in [1.29, 1.82) is 0 Å². The van der Waals surface area contributed by atoms with Crippen LogP contribution in [0.15, 0.2) is 6.07 Å². The monoisotopic (exact) mass is 208 g/mol. The molecule has 2 rings (SSSR count). The second-order valence-corrected chi connectivity index (χ2v) is 3.83. The van der Waals surface area contributed by atoms with Crippen LogP contribution in [0, 0.1) is 0 Å². The number of nitrogens with zero attached hydrogens (tertiary/aromatic N) is 1. The van der Waals surface area contributed by atoms with Gasteiger partial charge in [-0.05, 0) is 25.5 Å². The van der Waals surface area contributed by atoms with Gasteiger partial charge >= 0.3 is 0 Å². The van der Waals surface area contributed by atoms with Crippen molar-refractivity contribution in [3.05, 3.63) is 17.5 Å². The van der Waals surface area contributed by atoms with Crippen LogP contribution in [-0.4, -0.2) is 36.2 Å². The van der Waals surface area contributed by atoms with Crippen LogP contribution in [0.2, 0.25) is 0 Å². The van der Waals surface area contributed by atoms with Crippen LogP contribution >= 0.6 is 0 Å². The van der Waals surface area contributed by atoms with Gasteiger partial charge in [-0.1, -0.05) is 0 Å². The maximum Gasteiger partial charge on any atom is 0.271 e. The Hall–Kier alpha value is -1.36. The molecule has 15 heavy (non-hydrogen) atoms. The molecule has 1 aromatic heterocycles. The van der Waals surface area contributed by atoms with Crippen molar-refractivity contribution in [2.75, 3.05) is 20.1 Å². The van der Waals surface area contributed by atoms with E-state index >= 15 is 0 Å². The van der Waals surface area contributed by atoms with Gasteiger partial charge in [0.05, 0.1) is 0 Å². The zero-order valence-electron chi connectivity index (χ0n) is 8.84. The molecule has 1 amide bonds. The molecule has 3 N–H and O–H groups in total. The fourth-order valence-electron chi connectivity index (χ4n) is 1.91. The number of amides is 1. The lowest BCUT2D eigenvalue weighted by atomic mass is 9.96. The summed E-state index contributed by atoms with van der Waals surface area (Å²) < 4.78 is 0. The summed E-state index contributed by atoms with van der Waals surface area (Å²) in [7, 11) is 1.61. The van der Waals surface area contributed by atoms with Gasteiger partial charge in [-0.2, -0.15) is 5.10 Å². The van der Waals surface area contributed by atoms with E-state index in [2.05, 4.69) is 20.8 Å². The Morgan fingerprint density at radius 3 is 3.20 bits per heavy atom. The smallest absolute Gasteiger partial charge is 0.271 e. The Bertz CT molecular complexity index is 341. The molecule has 1 aromatic rings. The SMILES string of the molecule is CNC(=O)c1cc([C@@H]2CCCNC2)[nH]n1. The van der Waals surface area contributed by atoms with Gasteiger partial charge in [0, 0.05) is 25.2 Å². The van der Waals surface area contributed by atoms with Crippen LogP contribution < -0.4 is 10.6 Å². The third-order valence-corrected chi connectivity index (χ3v) is 2.79. The molecule has 1 aliphatic heterocycles. The van der Waals surface area contributed by atoms with Gasteiger partial charge < -0.3 is 10.6 Å². The molecule has 1 fully saturated rings. The van der Waals surface area contributed by atoms with Crippen molar-refractivity contribution in [2.45, 2.75) is 18.8 Å². The number of H-pyrrole nitrogens is 1. The standard InChI is InChI=1S/C10H16N4O/c1-11-10(15)9-5-8(13-14-9)7-3-2-4-12-6-7/h5,7,12H,2-4,6H2,1H3,(H,11,15)(H,13,14)/t7-/m1/s1. The van der Waals surface area contributed by atoms with E-state index in [4.69, 9.17) is 0 Å². The molecule has 0 aromatic carbocycles. The maximum absolute atomic E-state index is 11.3. The lowest BCUT2D eigenvalue weighted by Crippen LogP contribution is -2.28. The molecule has 0 radical (unpaired) electrons. The molecule has 1 aliphatic rings. The molecule has 5 heteroatoms. The number of hydrogen-bond acceptors (Lipinski definition) is 3. The average Bonchev–Trinajstić information content (AvgIpc) is 2.78. The van der Waals surface area contributed by atoms with Crippen molar-refractivity contribution in [3.63, 3.8) is 0 Å². The normalized spacial score (nSPS) is 21.3. The van der Waals surface area contributed by atoms with E-state index in [1.165, 1.54) is 6.42 Å². The summed E-state index contributed by atoms with van der Waals surface area (Å²) in [5, 5.41) is 12.8. The van der Waals surface area contributed by atoms with Crippen LogP contribution in [0.5, 0.6) is 0 Å². The topological polar surface area (TPSA) is 69.8 Å². The first-order chi connectivity index (χ1) is 7.31. The lowest BCUT2D eigenvalue weighted by Gasteiger charge is -2.21. The zero-order valence-corrected chi connectivity index (χ0v) is 8.84. The summed E-state index contributed by atoms with van der Waals surface area (Å²) in [6.45, 7) is 2.06. The molecule has 2 heterocycles. The number of hydrogen-bond donors (Lipinski definition) is 3. The van der Waals surface area contributed by atoms with Crippen LogP contribution in [0.25, 0.3) is 0 Å². The molecule has 0 spiro atoms. The van der Waals surface area contributed by atoms with Gasteiger partial charge in [-0.25, -0.2) is 0 Å². The number of nitrogens with one attached hydrogen (secondary N) is 3. The molecule has 5 nitrogen and oxygen atoms in total. The van der Waals surface area contributed by atoms with Crippen molar-refractivity contribution >= 4 is 5.91 Å². The number of aromatic nitrogens is 2. The minimum absolute atomic E-state index is 0.138. The third-order valence-electron chi connectivity index (χ3n) is 2.79. The number of carbonyl (C=O) groups is 1. The molecule has 0 aliphatic carbocycles. The fourth-order valence-corrected chi connectivity index (χ4v) is 1.91. The van der Waals surface area contributed by atoms with E-state index in [0.717, 1.165) is 25.2 Å². The van der Waals surface area contributed by atoms with Crippen molar-refractivity contribution < 1.29 is 4.79 Å². The first-order valence-electron chi connectivity index (χ1n) is 5.29. The number of aromatic amines is 1. The number of carbonyl (C=O) groups excluding carboxylic acids is 1. The highest BCUT2D eigenvalue weighted by Crippen LogP contribution is 2.21. The van der Waals surface area contributed by atoms with E-state index in [-0.39, 0.29) is 5.91 Å². The lowest BCUT2D eigenvalue weighted by molar-refractivity contribution is 0.0958. The van der Waals surface area contributed by atoms with Gasteiger partial charge in [0.15, 0.2) is 0 Å². The van der Waals surface area contributed by atoms with Gasteiger partial charge in [-0.3, -0.25) is 9.89 Å². The second-order valence-electron chi connectivity index (χ2n) is 3.83. The molecule has 82 valence electrons. The first-order valence-corrected chi connectivity index (χ1v) is 5.29. The fraction of sp³-hybridized carbons (Fsp3) is 0.600. The van der Waals surface area contributed by atoms with Gasteiger partial charge in [0.1, 0.15) is 5.69 Å². The van der Waals surface area contributed by atoms with E-state index < -0.39 is 0 Å². The predicted molar refractivity (Wildman–Crippen MR) is 56.8 cm³/mol. The minimum atomic E-state index is -0.138. The Balaban J connectivity index is 2.08. The highest BCUT2D eigenvalue weighted by atomic mass is 16.1. The van der Waals surface area contributed by atoms with E-state index in [0.29, 0.717) is 11.6 Å². The van der Waals surface area contributed by atoms with Crippen LogP contribution in [0.3, 0.4) is 0 Å². The Morgan fingerprint density at radius 1 is 1.67 bits per heavy atom. The van der Waals surface area contributed by atoms with Crippen molar-refractivity contribution in [2.24, 2.45) is 0 Å². The molecule has 0 saturated carbocycles. The van der Waals surface area contributed by atoms with E-state index in [1.807, 2.05) is 6.07 Å². The highest BCUT2D eigenvalue weighted by Gasteiger charge is 2.18. The molecule has 1 atom stereocenters. The maximum atomic E-state index is 11.3. The molecule has 0 bridgehead atoms. The summed E-state index contributed by atoms with van der Waals surface area (Å²) in [6.07, 6.45) is 2.33. The highest BCUT2D eigenvalue weighted by molar-refractivity contribution is 5.92. The number of piperidine rings is 1. The van der Waals surface area contributed by atoms with Crippen molar-refractivity contribution in [1.82, 2.24) is 20.8 Å². The second kappa shape index (κ2) is 4.44. The molecule has 0 unspecified atom stereocenters. The third kappa shape index (κ3) is 2.18. The number of rotatable bonds is 2.